The van der Waals surface area contributed by atoms with Crippen molar-refractivity contribution >= 4 is 46.8 Å². The third-order valence-electron chi connectivity index (χ3n) is 4.84. The fourth-order valence-corrected chi connectivity index (χ4v) is 3.90. The molecule has 2 aromatic rings. The van der Waals surface area contributed by atoms with Crippen LogP contribution in [0.5, 0.6) is 0 Å². The monoisotopic (exact) mass is 451 g/mol. The summed E-state index contributed by atoms with van der Waals surface area (Å²) >= 11 is 18.6. The van der Waals surface area contributed by atoms with Gasteiger partial charge in [0.05, 0.1) is 0 Å². The van der Waals surface area contributed by atoms with Gasteiger partial charge < -0.3 is 5.32 Å². The summed E-state index contributed by atoms with van der Waals surface area (Å²) in [5.41, 5.74) is 2.21. The minimum absolute atomic E-state index is 0.295. The first kappa shape index (κ1) is 22.1. The summed E-state index contributed by atoms with van der Waals surface area (Å²) in [6, 6.07) is 19.9. The molecular weight excluding hydrogens is 429 g/mol. The summed E-state index contributed by atoms with van der Waals surface area (Å²) in [6.45, 7) is 3.96. The molecular formula is C22H24Cl3N3O. The van der Waals surface area contributed by atoms with Crippen LogP contribution in [0.25, 0.3) is 6.08 Å². The number of carbonyl (C=O) groups is 1. The zero-order valence-electron chi connectivity index (χ0n) is 16.0. The van der Waals surface area contributed by atoms with Crippen molar-refractivity contribution in [1.82, 2.24) is 15.1 Å². The van der Waals surface area contributed by atoms with Crippen molar-refractivity contribution < 1.29 is 4.79 Å². The van der Waals surface area contributed by atoms with Crippen LogP contribution in [0.4, 0.5) is 0 Å². The van der Waals surface area contributed by atoms with Crippen LogP contribution in [0, 0.1) is 0 Å². The van der Waals surface area contributed by atoms with Gasteiger partial charge in [-0.15, -0.1) is 0 Å². The Kier molecular flexibility index (Phi) is 7.99. The molecule has 1 N–H and O–H groups in total. The number of piperazine rings is 1. The van der Waals surface area contributed by atoms with Crippen molar-refractivity contribution in [2.45, 2.75) is 16.5 Å². The SMILES string of the molecule is O=C(/C=C/c1ccccc1)N[C@H](N1CCN(Cc2ccccc2)CC1)C(Cl)(Cl)Cl. The molecule has 1 atom stereocenters. The second-order valence-corrected chi connectivity index (χ2v) is 9.36. The first-order valence-corrected chi connectivity index (χ1v) is 10.7. The zero-order chi connectivity index (χ0) is 20.7. The van der Waals surface area contributed by atoms with Gasteiger partial charge in [0.25, 0.3) is 0 Å². The number of hydrogen-bond acceptors (Lipinski definition) is 3. The van der Waals surface area contributed by atoms with Crippen LogP contribution in [0.15, 0.2) is 66.7 Å². The van der Waals surface area contributed by atoms with Crippen molar-refractivity contribution in [3.8, 4) is 0 Å². The number of halogens is 3. The average Bonchev–Trinajstić information content (AvgIpc) is 2.72. The number of hydrogen-bond donors (Lipinski definition) is 1. The Morgan fingerprint density at radius 2 is 1.55 bits per heavy atom. The van der Waals surface area contributed by atoms with Gasteiger partial charge in [-0.2, -0.15) is 0 Å². The molecule has 2 aromatic carbocycles. The lowest BCUT2D eigenvalue weighted by Crippen LogP contribution is -2.60. The molecule has 1 aliphatic rings. The molecule has 7 heteroatoms. The van der Waals surface area contributed by atoms with Crippen molar-refractivity contribution in [3.63, 3.8) is 0 Å². The smallest absolute Gasteiger partial charge is 0.245 e. The molecule has 0 spiro atoms. The second-order valence-electron chi connectivity index (χ2n) is 6.99. The molecule has 1 fully saturated rings. The quantitative estimate of drug-likeness (QED) is 0.523. The molecule has 1 heterocycles. The van der Waals surface area contributed by atoms with Gasteiger partial charge >= 0.3 is 0 Å². The third kappa shape index (κ3) is 7.02. The van der Waals surface area contributed by atoms with E-state index < -0.39 is 9.96 Å². The van der Waals surface area contributed by atoms with Crippen LogP contribution in [0.3, 0.4) is 0 Å². The average molecular weight is 453 g/mol. The number of amides is 1. The summed E-state index contributed by atoms with van der Waals surface area (Å²) in [5, 5.41) is 2.85. The molecule has 1 amide bonds. The van der Waals surface area contributed by atoms with Crippen molar-refractivity contribution in [2.75, 3.05) is 26.2 Å². The lowest BCUT2D eigenvalue weighted by molar-refractivity contribution is -0.118. The highest BCUT2D eigenvalue weighted by atomic mass is 35.6. The maximum absolute atomic E-state index is 12.4. The van der Waals surface area contributed by atoms with Gasteiger partial charge in [-0.1, -0.05) is 95.5 Å². The molecule has 29 heavy (non-hydrogen) atoms. The topological polar surface area (TPSA) is 35.6 Å². The maximum atomic E-state index is 12.4. The van der Waals surface area contributed by atoms with E-state index in [-0.39, 0.29) is 5.91 Å². The minimum atomic E-state index is -1.63. The summed E-state index contributed by atoms with van der Waals surface area (Å²) in [7, 11) is 0. The Balaban J connectivity index is 1.57. The second kappa shape index (κ2) is 10.5. The fourth-order valence-electron chi connectivity index (χ4n) is 3.32. The van der Waals surface area contributed by atoms with Crippen molar-refractivity contribution in [3.05, 3.63) is 77.9 Å². The fraction of sp³-hybridized carbons (Fsp3) is 0.318. The van der Waals surface area contributed by atoms with Gasteiger partial charge in [-0.05, 0) is 17.2 Å². The lowest BCUT2D eigenvalue weighted by Gasteiger charge is -2.41. The maximum Gasteiger partial charge on any atom is 0.245 e. The van der Waals surface area contributed by atoms with Crippen LogP contribution < -0.4 is 5.32 Å². The van der Waals surface area contributed by atoms with Crippen molar-refractivity contribution in [2.24, 2.45) is 0 Å². The van der Waals surface area contributed by atoms with Gasteiger partial charge in [-0.3, -0.25) is 14.6 Å². The van der Waals surface area contributed by atoms with Crippen LogP contribution in [-0.2, 0) is 11.3 Å². The van der Waals surface area contributed by atoms with E-state index in [1.165, 1.54) is 11.6 Å². The van der Waals surface area contributed by atoms with E-state index in [0.717, 1.165) is 25.2 Å². The first-order valence-electron chi connectivity index (χ1n) is 9.52. The summed E-state index contributed by atoms with van der Waals surface area (Å²) in [6.07, 6.45) is 2.51. The molecule has 0 aromatic heterocycles. The number of nitrogens with one attached hydrogen (secondary N) is 1. The van der Waals surface area contributed by atoms with Crippen LogP contribution in [0.1, 0.15) is 11.1 Å². The molecule has 4 nitrogen and oxygen atoms in total. The molecule has 0 bridgehead atoms. The van der Waals surface area contributed by atoms with E-state index in [4.69, 9.17) is 34.8 Å². The molecule has 1 aliphatic heterocycles. The van der Waals surface area contributed by atoms with Crippen molar-refractivity contribution in [1.29, 1.82) is 0 Å². The molecule has 1 saturated heterocycles. The van der Waals surface area contributed by atoms with Crippen LogP contribution >= 0.6 is 34.8 Å². The number of nitrogens with zero attached hydrogens (tertiary/aromatic N) is 2. The molecule has 0 aliphatic carbocycles. The highest BCUT2D eigenvalue weighted by molar-refractivity contribution is 6.68. The zero-order valence-corrected chi connectivity index (χ0v) is 18.2. The molecule has 0 radical (unpaired) electrons. The lowest BCUT2D eigenvalue weighted by atomic mass is 10.2. The molecule has 3 rings (SSSR count). The minimum Gasteiger partial charge on any atom is -0.333 e. The Morgan fingerprint density at radius 3 is 2.14 bits per heavy atom. The van der Waals surface area contributed by atoms with Crippen LogP contribution in [0.2, 0.25) is 0 Å². The highest BCUT2D eigenvalue weighted by Crippen LogP contribution is 2.32. The number of alkyl halides is 3. The largest absolute Gasteiger partial charge is 0.333 e. The van der Waals surface area contributed by atoms with E-state index in [1.54, 1.807) is 6.08 Å². The van der Waals surface area contributed by atoms with Gasteiger partial charge in [0.1, 0.15) is 6.17 Å². The normalized spacial score (nSPS) is 17.3. The van der Waals surface area contributed by atoms with Gasteiger partial charge in [-0.25, -0.2) is 0 Å². The molecule has 0 saturated carbocycles. The Labute approximate surface area is 187 Å². The third-order valence-corrected chi connectivity index (χ3v) is 5.46. The number of carbonyl (C=O) groups excluding carboxylic acids is 1. The van der Waals surface area contributed by atoms with Crippen LogP contribution in [-0.4, -0.2) is 51.8 Å². The number of benzene rings is 2. The van der Waals surface area contributed by atoms with E-state index in [2.05, 4.69) is 22.3 Å². The summed E-state index contributed by atoms with van der Waals surface area (Å²) in [4.78, 5) is 16.8. The predicted octanol–water partition coefficient (Wildman–Crippen LogP) is 4.33. The summed E-state index contributed by atoms with van der Waals surface area (Å²) in [5.74, 6) is -0.295. The Morgan fingerprint density at radius 1 is 0.966 bits per heavy atom. The first-order chi connectivity index (χ1) is 13.9. The van der Waals surface area contributed by atoms with Gasteiger partial charge in [0.2, 0.25) is 9.70 Å². The Hall–Kier alpha value is -1.56. The molecule has 0 unspecified atom stereocenters. The van der Waals surface area contributed by atoms with Gasteiger partial charge in [0.15, 0.2) is 0 Å². The highest BCUT2D eigenvalue weighted by Gasteiger charge is 2.39. The predicted molar refractivity (Wildman–Crippen MR) is 121 cm³/mol. The van der Waals surface area contributed by atoms with E-state index in [0.29, 0.717) is 13.1 Å². The standard InChI is InChI=1S/C22H24Cl3N3O/c23-22(24,25)21(26-20(29)12-11-18-7-3-1-4-8-18)28-15-13-27(14-16-28)17-19-9-5-2-6-10-19/h1-12,21H,13-17H2,(H,26,29)/b12-11+/t21-/m1/s1. The van der Waals surface area contributed by atoms with E-state index in [9.17, 15) is 4.79 Å². The number of rotatable bonds is 6. The molecule has 154 valence electrons. The Bertz CT molecular complexity index is 801. The summed E-state index contributed by atoms with van der Waals surface area (Å²) < 4.78 is -1.63. The van der Waals surface area contributed by atoms with E-state index in [1.807, 2.05) is 53.4 Å². The van der Waals surface area contributed by atoms with E-state index >= 15 is 0 Å². The van der Waals surface area contributed by atoms with Gasteiger partial charge in [0, 0.05) is 38.8 Å².